The van der Waals surface area contributed by atoms with Crippen molar-refractivity contribution in [2.75, 3.05) is 7.11 Å². The zero-order valence-corrected chi connectivity index (χ0v) is 13.8. The van der Waals surface area contributed by atoms with Crippen molar-refractivity contribution in [3.8, 4) is 5.75 Å². The lowest BCUT2D eigenvalue weighted by Crippen LogP contribution is -2.13. The standard InChI is InChI=1S/C13H13Br2NOS/c1-17-12-3-2-10(14)4-8(12)5-11(16)9-6-13(15)18-7-9/h2-4,6-7,11H,5,16H2,1H3. The second-order valence-corrected chi connectivity index (χ2v) is 7.16. The summed E-state index contributed by atoms with van der Waals surface area (Å²) in [6.45, 7) is 0. The molecule has 0 spiro atoms. The van der Waals surface area contributed by atoms with Crippen LogP contribution < -0.4 is 10.5 Å². The van der Waals surface area contributed by atoms with Crippen LogP contribution in [0.25, 0.3) is 0 Å². The average Bonchev–Trinajstić information content (AvgIpc) is 2.76. The molecule has 5 heteroatoms. The summed E-state index contributed by atoms with van der Waals surface area (Å²) in [6.07, 6.45) is 0.756. The minimum absolute atomic E-state index is 0.0178. The maximum absolute atomic E-state index is 6.23. The smallest absolute Gasteiger partial charge is 0.122 e. The molecule has 2 nitrogen and oxygen atoms in total. The Balaban J connectivity index is 2.20. The van der Waals surface area contributed by atoms with Gasteiger partial charge in [0.15, 0.2) is 0 Å². The lowest BCUT2D eigenvalue weighted by atomic mass is 10.0. The Hall–Kier alpha value is -0.360. The number of ether oxygens (including phenoxy) is 1. The van der Waals surface area contributed by atoms with E-state index in [1.54, 1.807) is 18.4 Å². The molecule has 2 rings (SSSR count). The van der Waals surface area contributed by atoms with E-state index in [9.17, 15) is 0 Å². The first-order valence-corrected chi connectivity index (χ1v) is 7.88. The normalized spacial score (nSPS) is 12.4. The number of hydrogen-bond acceptors (Lipinski definition) is 3. The van der Waals surface area contributed by atoms with E-state index in [2.05, 4.69) is 49.4 Å². The van der Waals surface area contributed by atoms with Crippen LogP contribution in [-0.4, -0.2) is 7.11 Å². The fraction of sp³-hybridized carbons (Fsp3) is 0.231. The van der Waals surface area contributed by atoms with Gasteiger partial charge < -0.3 is 10.5 Å². The van der Waals surface area contributed by atoms with Gasteiger partial charge >= 0.3 is 0 Å². The quantitative estimate of drug-likeness (QED) is 0.832. The van der Waals surface area contributed by atoms with Crippen LogP contribution in [0.2, 0.25) is 0 Å². The van der Waals surface area contributed by atoms with Crippen LogP contribution in [0.5, 0.6) is 5.75 Å². The summed E-state index contributed by atoms with van der Waals surface area (Å²) >= 11 is 8.58. The summed E-state index contributed by atoms with van der Waals surface area (Å²) in [5.74, 6) is 0.878. The van der Waals surface area contributed by atoms with Gasteiger partial charge in [0.25, 0.3) is 0 Å². The molecule has 0 saturated heterocycles. The molecule has 2 aromatic rings. The second-order valence-electron chi connectivity index (χ2n) is 3.95. The van der Waals surface area contributed by atoms with Crippen LogP contribution in [0.1, 0.15) is 17.2 Å². The lowest BCUT2D eigenvalue weighted by molar-refractivity contribution is 0.408. The number of benzene rings is 1. The second kappa shape index (κ2) is 6.19. The molecule has 0 amide bonds. The highest BCUT2D eigenvalue weighted by atomic mass is 79.9. The molecule has 1 unspecified atom stereocenters. The van der Waals surface area contributed by atoms with Crippen LogP contribution in [0.4, 0.5) is 0 Å². The summed E-state index contributed by atoms with van der Waals surface area (Å²) in [6, 6.07) is 8.03. The highest BCUT2D eigenvalue weighted by molar-refractivity contribution is 9.11. The van der Waals surface area contributed by atoms with E-state index in [1.165, 1.54) is 0 Å². The molecular weight excluding hydrogens is 378 g/mol. The monoisotopic (exact) mass is 389 g/mol. The van der Waals surface area contributed by atoms with Gasteiger partial charge in [-0.3, -0.25) is 0 Å². The van der Waals surface area contributed by atoms with Gasteiger partial charge in [0.2, 0.25) is 0 Å². The predicted octanol–water partition coefficient (Wildman–Crippen LogP) is 4.52. The summed E-state index contributed by atoms with van der Waals surface area (Å²) < 4.78 is 7.50. The van der Waals surface area contributed by atoms with Crippen molar-refractivity contribution in [1.82, 2.24) is 0 Å². The summed E-state index contributed by atoms with van der Waals surface area (Å²) in [7, 11) is 1.68. The van der Waals surface area contributed by atoms with Crippen LogP contribution in [0.15, 0.2) is 37.9 Å². The average molecular weight is 391 g/mol. The van der Waals surface area contributed by atoms with Gasteiger partial charge in [-0.05, 0) is 63.1 Å². The molecule has 0 saturated carbocycles. The molecule has 0 aliphatic rings. The molecule has 0 fully saturated rings. The SMILES string of the molecule is COc1ccc(Br)cc1CC(N)c1csc(Br)c1. The molecule has 0 radical (unpaired) electrons. The van der Waals surface area contributed by atoms with Crippen LogP contribution in [-0.2, 0) is 6.42 Å². The van der Waals surface area contributed by atoms with Crippen molar-refractivity contribution in [3.63, 3.8) is 0 Å². The maximum Gasteiger partial charge on any atom is 0.122 e. The molecule has 1 atom stereocenters. The number of halogens is 2. The molecule has 1 aromatic carbocycles. The number of rotatable bonds is 4. The lowest BCUT2D eigenvalue weighted by Gasteiger charge is -2.13. The Morgan fingerprint density at radius 3 is 2.72 bits per heavy atom. The number of nitrogens with two attached hydrogens (primary N) is 1. The van der Waals surface area contributed by atoms with E-state index in [-0.39, 0.29) is 6.04 Å². The van der Waals surface area contributed by atoms with E-state index in [1.807, 2.05) is 12.1 Å². The molecule has 1 aromatic heterocycles. The Bertz CT molecular complexity index is 542. The van der Waals surface area contributed by atoms with E-state index < -0.39 is 0 Å². The van der Waals surface area contributed by atoms with Crippen molar-refractivity contribution in [3.05, 3.63) is 49.0 Å². The first-order valence-electron chi connectivity index (χ1n) is 5.42. The van der Waals surface area contributed by atoms with Crippen LogP contribution >= 0.6 is 43.2 Å². The van der Waals surface area contributed by atoms with Crippen molar-refractivity contribution in [2.45, 2.75) is 12.5 Å². The van der Waals surface area contributed by atoms with E-state index in [4.69, 9.17) is 10.5 Å². The third kappa shape index (κ3) is 3.35. The van der Waals surface area contributed by atoms with Crippen molar-refractivity contribution in [1.29, 1.82) is 0 Å². The first kappa shape index (κ1) is 14.1. The zero-order valence-electron chi connectivity index (χ0n) is 9.82. The topological polar surface area (TPSA) is 35.2 Å². The third-order valence-electron chi connectivity index (χ3n) is 2.70. The van der Waals surface area contributed by atoms with Gasteiger partial charge in [0.1, 0.15) is 5.75 Å². The minimum Gasteiger partial charge on any atom is -0.496 e. The highest BCUT2D eigenvalue weighted by Crippen LogP contribution is 2.30. The van der Waals surface area contributed by atoms with Crippen molar-refractivity contribution < 1.29 is 4.74 Å². The Labute approximate surface area is 127 Å². The highest BCUT2D eigenvalue weighted by Gasteiger charge is 2.12. The molecule has 18 heavy (non-hydrogen) atoms. The minimum atomic E-state index is -0.0178. The maximum atomic E-state index is 6.23. The molecule has 1 heterocycles. The van der Waals surface area contributed by atoms with E-state index >= 15 is 0 Å². The Morgan fingerprint density at radius 2 is 2.11 bits per heavy atom. The van der Waals surface area contributed by atoms with Gasteiger partial charge in [-0.2, -0.15) is 0 Å². The molecule has 0 aliphatic carbocycles. The van der Waals surface area contributed by atoms with Gasteiger partial charge in [0, 0.05) is 10.5 Å². The first-order chi connectivity index (χ1) is 8.60. The molecule has 0 aliphatic heterocycles. The molecule has 0 bridgehead atoms. The van der Waals surface area contributed by atoms with Gasteiger partial charge in [-0.15, -0.1) is 11.3 Å². The zero-order chi connectivity index (χ0) is 13.1. The fourth-order valence-electron chi connectivity index (χ4n) is 1.78. The van der Waals surface area contributed by atoms with Gasteiger partial charge in [-0.25, -0.2) is 0 Å². The Morgan fingerprint density at radius 1 is 1.33 bits per heavy atom. The van der Waals surface area contributed by atoms with Crippen LogP contribution in [0.3, 0.4) is 0 Å². The van der Waals surface area contributed by atoms with Crippen molar-refractivity contribution >= 4 is 43.2 Å². The van der Waals surface area contributed by atoms with Crippen LogP contribution in [0, 0.1) is 0 Å². The number of thiophene rings is 1. The number of methoxy groups -OCH3 is 1. The molecule has 96 valence electrons. The van der Waals surface area contributed by atoms with E-state index in [0.717, 1.165) is 31.6 Å². The van der Waals surface area contributed by atoms with Gasteiger partial charge in [0.05, 0.1) is 10.9 Å². The van der Waals surface area contributed by atoms with E-state index in [0.29, 0.717) is 0 Å². The third-order valence-corrected chi connectivity index (χ3v) is 4.71. The summed E-state index contributed by atoms with van der Waals surface area (Å²) in [5, 5.41) is 2.08. The largest absolute Gasteiger partial charge is 0.496 e. The number of hydrogen-bond donors (Lipinski definition) is 1. The fourth-order valence-corrected chi connectivity index (χ4v) is 3.43. The molecular formula is C13H13Br2NOS. The Kier molecular flexibility index (Phi) is 4.84. The summed E-state index contributed by atoms with van der Waals surface area (Å²) in [4.78, 5) is 0. The predicted molar refractivity (Wildman–Crippen MR) is 83.3 cm³/mol. The summed E-state index contributed by atoms with van der Waals surface area (Å²) in [5.41, 5.74) is 8.49. The molecule has 2 N–H and O–H groups in total. The van der Waals surface area contributed by atoms with Gasteiger partial charge in [-0.1, -0.05) is 15.9 Å². The van der Waals surface area contributed by atoms with Crippen molar-refractivity contribution in [2.24, 2.45) is 5.73 Å².